The Kier molecular flexibility index (Phi) is 5.51. The van der Waals surface area contributed by atoms with Crippen molar-refractivity contribution >= 4 is 32.6 Å². The fraction of sp³-hybridized carbons (Fsp3) is 0.556. The van der Waals surface area contributed by atoms with E-state index in [9.17, 15) is 13.2 Å². The van der Waals surface area contributed by atoms with Gasteiger partial charge in [-0.15, -0.1) is 11.3 Å². The maximum Gasteiger partial charge on any atom is 0.311 e. The van der Waals surface area contributed by atoms with Crippen LogP contribution in [0.25, 0.3) is 0 Å². The van der Waals surface area contributed by atoms with Crippen LogP contribution in [0.2, 0.25) is 0 Å². The highest BCUT2D eigenvalue weighted by Crippen LogP contribution is 2.16. The number of nitrogens with zero attached hydrogens (tertiary/aromatic N) is 1. The van der Waals surface area contributed by atoms with Gasteiger partial charge in [-0.3, -0.25) is 4.79 Å². The van der Waals surface area contributed by atoms with Crippen molar-refractivity contribution in [2.75, 3.05) is 18.4 Å². The molecule has 1 aromatic rings. The maximum absolute atomic E-state index is 11.5. The Hall–Kier alpha value is -1.19. The summed E-state index contributed by atoms with van der Waals surface area (Å²) < 4.78 is 32.1. The molecule has 0 aromatic carbocycles. The van der Waals surface area contributed by atoms with Gasteiger partial charge in [-0.2, -0.15) is 13.1 Å². The van der Waals surface area contributed by atoms with E-state index in [2.05, 4.69) is 19.2 Å². The van der Waals surface area contributed by atoms with E-state index in [4.69, 9.17) is 0 Å². The van der Waals surface area contributed by atoms with Crippen LogP contribution in [0.3, 0.4) is 0 Å². The Labute approximate surface area is 110 Å². The molecule has 0 atom stereocenters. The molecule has 0 aliphatic heterocycles. The summed E-state index contributed by atoms with van der Waals surface area (Å²) in [5, 5.41) is 1.83. The van der Waals surface area contributed by atoms with Crippen LogP contribution >= 0.6 is 11.3 Å². The zero-order valence-electron chi connectivity index (χ0n) is 10.1. The maximum atomic E-state index is 11.5. The van der Waals surface area contributed by atoms with Crippen molar-refractivity contribution in [3.63, 3.8) is 0 Å². The van der Waals surface area contributed by atoms with E-state index in [-0.39, 0.29) is 11.6 Å². The minimum Gasteiger partial charge on any atom is -0.469 e. The molecule has 1 aromatic heterocycles. The van der Waals surface area contributed by atoms with E-state index in [1.54, 1.807) is 5.38 Å². The first-order valence-electron chi connectivity index (χ1n) is 5.25. The molecule has 0 spiro atoms. The number of ether oxygens (including phenoxy) is 1. The third-order valence-electron chi connectivity index (χ3n) is 1.87. The Morgan fingerprint density at radius 1 is 1.56 bits per heavy atom. The normalized spacial score (nSPS) is 11.2. The van der Waals surface area contributed by atoms with Gasteiger partial charge < -0.3 is 4.74 Å². The topological polar surface area (TPSA) is 97.4 Å². The van der Waals surface area contributed by atoms with Crippen molar-refractivity contribution in [2.24, 2.45) is 0 Å². The van der Waals surface area contributed by atoms with Crippen LogP contribution in [-0.2, 0) is 26.2 Å². The minimum atomic E-state index is -3.59. The van der Waals surface area contributed by atoms with Gasteiger partial charge in [-0.1, -0.05) is 6.92 Å². The van der Waals surface area contributed by atoms with Crippen molar-refractivity contribution in [3.05, 3.63) is 11.1 Å². The first-order valence-corrected chi connectivity index (χ1v) is 7.61. The molecular weight excluding hydrogens is 278 g/mol. The molecule has 1 heterocycles. The number of carbonyl (C=O) groups is 1. The van der Waals surface area contributed by atoms with Crippen molar-refractivity contribution in [3.8, 4) is 0 Å². The van der Waals surface area contributed by atoms with Crippen LogP contribution in [-0.4, -0.2) is 33.0 Å². The fourth-order valence-corrected chi connectivity index (χ4v) is 2.94. The molecule has 0 aliphatic rings. The molecule has 2 N–H and O–H groups in total. The Balaban J connectivity index is 2.61. The molecule has 7 nitrogen and oxygen atoms in total. The Morgan fingerprint density at radius 2 is 2.28 bits per heavy atom. The zero-order valence-corrected chi connectivity index (χ0v) is 11.7. The zero-order chi connectivity index (χ0) is 13.6. The van der Waals surface area contributed by atoms with Gasteiger partial charge in [0.05, 0.1) is 19.2 Å². The Bertz CT molecular complexity index is 498. The lowest BCUT2D eigenvalue weighted by Crippen LogP contribution is -2.30. The average molecular weight is 293 g/mol. The van der Waals surface area contributed by atoms with Crippen LogP contribution in [0.4, 0.5) is 5.13 Å². The molecule has 9 heteroatoms. The van der Waals surface area contributed by atoms with E-state index in [0.29, 0.717) is 18.7 Å². The monoisotopic (exact) mass is 293 g/mol. The third-order valence-corrected chi connectivity index (χ3v) is 3.85. The lowest BCUT2D eigenvalue weighted by atomic mass is 10.3. The molecule has 0 saturated carbocycles. The van der Waals surface area contributed by atoms with Crippen LogP contribution in [0.15, 0.2) is 5.38 Å². The highest BCUT2D eigenvalue weighted by molar-refractivity contribution is 7.91. The smallest absolute Gasteiger partial charge is 0.311 e. The highest BCUT2D eigenvalue weighted by Gasteiger charge is 2.13. The summed E-state index contributed by atoms with van der Waals surface area (Å²) in [6, 6.07) is 0. The summed E-state index contributed by atoms with van der Waals surface area (Å²) in [6.45, 7) is 2.22. The second kappa shape index (κ2) is 6.66. The van der Waals surface area contributed by atoms with E-state index in [1.165, 1.54) is 7.11 Å². The molecule has 1 rings (SSSR count). The summed E-state index contributed by atoms with van der Waals surface area (Å²) >= 11 is 1.11. The lowest BCUT2D eigenvalue weighted by Gasteiger charge is -2.04. The molecule has 0 amide bonds. The van der Waals surface area contributed by atoms with E-state index >= 15 is 0 Å². The second-order valence-corrected chi connectivity index (χ2v) is 5.75. The summed E-state index contributed by atoms with van der Waals surface area (Å²) in [5.74, 6) is -0.418. The minimum absolute atomic E-state index is 0.0249. The van der Waals surface area contributed by atoms with Gasteiger partial charge >= 0.3 is 16.2 Å². The molecular formula is C9H15N3O4S2. The summed E-state index contributed by atoms with van der Waals surface area (Å²) in [7, 11) is -2.30. The van der Waals surface area contributed by atoms with Gasteiger partial charge in [-0.05, 0) is 6.42 Å². The molecule has 102 valence electrons. The van der Waals surface area contributed by atoms with Crippen LogP contribution in [0.5, 0.6) is 0 Å². The molecule has 0 unspecified atom stereocenters. The number of methoxy groups -OCH3 is 1. The molecule has 0 aliphatic carbocycles. The third kappa shape index (κ3) is 4.98. The van der Waals surface area contributed by atoms with Crippen molar-refractivity contribution < 1.29 is 17.9 Å². The van der Waals surface area contributed by atoms with Crippen molar-refractivity contribution in [1.82, 2.24) is 9.71 Å². The van der Waals surface area contributed by atoms with E-state index in [0.717, 1.165) is 11.3 Å². The highest BCUT2D eigenvalue weighted by atomic mass is 32.2. The molecule has 0 radical (unpaired) electrons. The number of hydrogen-bond acceptors (Lipinski definition) is 6. The largest absolute Gasteiger partial charge is 0.469 e. The van der Waals surface area contributed by atoms with Gasteiger partial charge in [0, 0.05) is 11.9 Å². The van der Waals surface area contributed by atoms with Crippen molar-refractivity contribution in [1.29, 1.82) is 0 Å². The SMILES string of the molecule is CCCNS(=O)(=O)Nc1nc(CC(=O)OC)cs1. The lowest BCUT2D eigenvalue weighted by molar-refractivity contribution is -0.139. The molecule has 0 bridgehead atoms. The van der Waals surface area contributed by atoms with Crippen LogP contribution in [0.1, 0.15) is 19.0 Å². The molecule has 0 fully saturated rings. The van der Waals surface area contributed by atoms with Gasteiger partial charge in [-0.25, -0.2) is 9.71 Å². The fourth-order valence-electron chi connectivity index (χ4n) is 1.04. The van der Waals surface area contributed by atoms with Gasteiger partial charge in [0.2, 0.25) is 0 Å². The van der Waals surface area contributed by atoms with E-state index in [1.807, 2.05) is 6.92 Å². The van der Waals surface area contributed by atoms with Crippen LogP contribution in [0, 0.1) is 0 Å². The quantitative estimate of drug-likeness (QED) is 0.714. The Morgan fingerprint density at radius 3 is 2.89 bits per heavy atom. The average Bonchev–Trinajstić information content (AvgIpc) is 2.73. The molecule has 18 heavy (non-hydrogen) atoms. The number of hydrogen-bond donors (Lipinski definition) is 2. The number of nitrogens with one attached hydrogen (secondary N) is 2. The molecule has 0 saturated heterocycles. The van der Waals surface area contributed by atoms with Gasteiger partial charge in [0.25, 0.3) is 0 Å². The first-order chi connectivity index (χ1) is 8.46. The van der Waals surface area contributed by atoms with Crippen molar-refractivity contribution in [2.45, 2.75) is 19.8 Å². The van der Waals surface area contributed by atoms with Crippen LogP contribution < -0.4 is 9.44 Å². The standard InChI is InChI=1S/C9H15N3O4S2/c1-3-4-10-18(14,15)12-9-11-7(6-17-9)5-8(13)16-2/h6,10H,3-5H2,1-2H3,(H,11,12). The summed E-state index contributed by atoms with van der Waals surface area (Å²) in [4.78, 5) is 15.0. The summed E-state index contributed by atoms with van der Waals surface area (Å²) in [6.07, 6.45) is 0.726. The second-order valence-electron chi connectivity index (χ2n) is 3.40. The number of aromatic nitrogens is 1. The predicted octanol–water partition coefficient (Wildman–Crippen LogP) is 0.515. The number of rotatable bonds is 7. The number of esters is 1. The first kappa shape index (κ1) is 14.9. The summed E-state index contributed by atoms with van der Waals surface area (Å²) in [5.41, 5.74) is 0.472. The number of thiazole rings is 1. The predicted molar refractivity (Wildman–Crippen MR) is 68.7 cm³/mol. The number of anilines is 1. The van der Waals surface area contributed by atoms with Gasteiger partial charge in [0.1, 0.15) is 0 Å². The van der Waals surface area contributed by atoms with E-state index < -0.39 is 16.2 Å². The van der Waals surface area contributed by atoms with Gasteiger partial charge in [0.15, 0.2) is 5.13 Å². The number of carbonyl (C=O) groups excluding carboxylic acids is 1.